The molecule has 0 spiro atoms. The Morgan fingerprint density at radius 3 is 2.70 bits per heavy atom. The molecule has 2 aliphatic heterocycles. The minimum Gasteiger partial charge on any atom is -0.463 e. The summed E-state index contributed by atoms with van der Waals surface area (Å²) in [6, 6.07) is 5.63. The Morgan fingerprint density at radius 2 is 2.03 bits per heavy atom. The van der Waals surface area contributed by atoms with E-state index < -0.39 is 6.10 Å². The minimum atomic E-state index is -0.469. The lowest BCUT2D eigenvalue weighted by Gasteiger charge is -2.36. The summed E-state index contributed by atoms with van der Waals surface area (Å²) in [4.78, 5) is 36.9. The minimum absolute atomic E-state index is 0.117. The molecule has 30 heavy (non-hydrogen) atoms. The molecular formula is C21H26N6O3. The van der Waals surface area contributed by atoms with Gasteiger partial charge in [0.25, 0.3) is 11.8 Å². The second-order valence-electron chi connectivity index (χ2n) is 7.44. The van der Waals surface area contributed by atoms with Gasteiger partial charge in [0, 0.05) is 46.0 Å². The van der Waals surface area contributed by atoms with Crippen LogP contribution in [0.1, 0.15) is 29.4 Å². The normalized spacial score (nSPS) is 18.9. The quantitative estimate of drug-likeness (QED) is 0.766. The molecule has 2 aliphatic rings. The zero-order valence-electron chi connectivity index (χ0n) is 17.2. The number of pyridine rings is 2. The molecule has 2 aromatic rings. The van der Waals surface area contributed by atoms with Crippen LogP contribution in [0, 0.1) is 0 Å². The fourth-order valence-corrected chi connectivity index (χ4v) is 3.69. The van der Waals surface area contributed by atoms with Crippen molar-refractivity contribution in [2.45, 2.75) is 26.0 Å². The summed E-state index contributed by atoms with van der Waals surface area (Å²) >= 11 is 0. The maximum atomic E-state index is 12.0. The Bertz CT molecular complexity index is 925. The highest BCUT2D eigenvalue weighted by Crippen LogP contribution is 2.29. The van der Waals surface area contributed by atoms with Gasteiger partial charge in [-0.15, -0.1) is 0 Å². The van der Waals surface area contributed by atoms with E-state index in [1.807, 2.05) is 25.3 Å². The molecule has 4 heterocycles. The van der Waals surface area contributed by atoms with Crippen LogP contribution in [0.3, 0.4) is 0 Å². The number of hydrogen-bond donors (Lipinski definition) is 2. The van der Waals surface area contributed by atoms with Crippen LogP contribution in [-0.2, 0) is 11.3 Å². The predicted molar refractivity (Wildman–Crippen MR) is 113 cm³/mol. The van der Waals surface area contributed by atoms with Gasteiger partial charge >= 0.3 is 0 Å². The molecular weight excluding hydrogens is 384 g/mol. The SMILES string of the molecule is CCC1Oc2ncc(CN3CCN(c4ccc(C(=O)NC)nc4)CC3)cc2NC1=O. The zero-order chi connectivity index (χ0) is 21.1. The first-order valence-corrected chi connectivity index (χ1v) is 10.2. The molecule has 1 atom stereocenters. The number of carbonyl (C=O) groups excluding carboxylic acids is 2. The standard InChI is InChI=1S/C21H26N6O3/c1-3-18-20(29)25-17-10-14(11-24-21(17)30-18)13-26-6-8-27(9-7-26)15-4-5-16(23-12-15)19(28)22-2/h4-5,10-12,18H,3,6-9,13H2,1-2H3,(H,22,28)(H,25,29). The van der Waals surface area contributed by atoms with Crippen LogP contribution in [-0.4, -0.2) is 66.0 Å². The zero-order valence-corrected chi connectivity index (χ0v) is 17.2. The van der Waals surface area contributed by atoms with Gasteiger partial charge in [0.15, 0.2) is 6.10 Å². The molecule has 1 saturated heterocycles. The van der Waals surface area contributed by atoms with Crippen LogP contribution in [0.5, 0.6) is 5.88 Å². The summed E-state index contributed by atoms with van der Waals surface area (Å²) in [6.45, 7) is 6.21. The molecule has 0 aliphatic carbocycles. The third kappa shape index (κ3) is 4.20. The van der Waals surface area contributed by atoms with E-state index in [1.165, 1.54) is 0 Å². The molecule has 0 aromatic carbocycles. The van der Waals surface area contributed by atoms with Crippen LogP contribution < -0.4 is 20.3 Å². The van der Waals surface area contributed by atoms with Gasteiger partial charge in [0.1, 0.15) is 11.4 Å². The number of nitrogens with one attached hydrogen (secondary N) is 2. The summed E-state index contributed by atoms with van der Waals surface area (Å²) in [5.74, 6) is 0.188. The van der Waals surface area contributed by atoms with Crippen LogP contribution in [0.15, 0.2) is 30.6 Å². The second-order valence-corrected chi connectivity index (χ2v) is 7.44. The number of carbonyl (C=O) groups is 2. The molecule has 9 heteroatoms. The first-order chi connectivity index (χ1) is 14.6. The number of piperazine rings is 1. The Balaban J connectivity index is 1.34. The van der Waals surface area contributed by atoms with E-state index in [-0.39, 0.29) is 11.8 Å². The smallest absolute Gasteiger partial charge is 0.269 e. The van der Waals surface area contributed by atoms with Gasteiger partial charge in [0.2, 0.25) is 5.88 Å². The maximum Gasteiger partial charge on any atom is 0.269 e. The van der Waals surface area contributed by atoms with E-state index in [1.54, 1.807) is 19.3 Å². The summed E-state index contributed by atoms with van der Waals surface area (Å²) in [5.41, 5.74) is 3.12. The van der Waals surface area contributed by atoms with Crippen molar-refractivity contribution in [3.8, 4) is 5.88 Å². The van der Waals surface area contributed by atoms with E-state index in [4.69, 9.17) is 4.74 Å². The van der Waals surface area contributed by atoms with Crippen molar-refractivity contribution in [2.24, 2.45) is 0 Å². The van der Waals surface area contributed by atoms with Crippen LogP contribution in [0.25, 0.3) is 0 Å². The molecule has 158 valence electrons. The lowest BCUT2D eigenvalue weighted by molar-refractivity contribution is -0.123. The molecule has 2 aromatic heterocycles. The third-order valence-electron chi connectivity index (χ3n) is 5.43. The molecule has 1 unspecified atom stereocenters. The van der Waals surface area contributed by atoms with E-state index in [0.717, 1.165) is 44.0 Å². The van der Waals surface area contributed by atoms with Gasteiger partial charge in [0.05, 0.1) is 11.9 Å². The maximum absolute atomic E-state index is 12.0. The summed E-state index contributed by atoms with van der Waals surface area (Å²) < 4.78 is 5.66. The van der Waals surface area contributed by atoms with Crippen molar-refractivity contribution in [2.75, 3.05) is 43.4 Å². The number of fused-ring (bicyclic) bond motifs is 1. The topological polar surface area (TPSA) is 99.7 Å². The molecule has 0 saturated carbocycles. The Morgan fingerprint density at radius 1 is 1.23 bits per heavy atom. The second kappa shape index (κ2) is 8.66. The average molecular weight is 410 g/mol. The number of ether oxygens (including phenoxy) is 1. The first-order valence-electron chi connectivity index (χ1n) is 10.2. The van der Waals surface area contributed by atoms with Gasteiger partial charge in [-0.3, -0.25) is 14.5 Å². The number of rotatable bonds is 5. The molecule has 0 radical (unpaired) electrons. The number of hydrogen-bond acceptors (Lipinski definition) is 7. The molecule has 9 nitrogen and oxygen atoms in total. The van der Waals surface area contributed by atoms with Crippen molar-refractivity contribution < 1.29 is 14.3 Å². The summed E-state index contributed by atoms with van der Waals surface area (Å²) in [7, 11) is 1.60. The van der Waals surface area contributed by atoms with E-state index in [9.17, 15) is 9.59 Å². The fraction of sp³-hybridized carbons (Fsp3) is 0.429. The van der Waals surface area contributed by atoms with Crippen LogP contribution in [0.4, 0.5) is 11.4 Å². The molecule has 0 bridgehead atoms. The summed E-state index contributed by atoms with van der Waals surface area (Å²) in [5, 5.41) is 5.47. The molecule has 1 fully saturated rings. The Hall–Kier alpha value is -3.20. The number of nitrogens with zero attached hydrogens (tertiary/aromatic N) is 4. The molecule has 2 N–H and O–H groups in total. The van der Waals surface area contributed by atoms with Crippen molar-refractivity contribution in [1.29, 1.82) is 0 Å². The van der Waals surface area contributed by atoms with E-state index in [0.29, 0.717) is 23.7 Å². The largest absolute Gasteiger partial charge is 0.463 e. The highest BCUT2D eigenvalue weighted by molar-refractivity contribution is 5.97. The van der Waals surface area contributed by atoms with Gasteiger partial charge < -0.3 is 20.3 Å². The Kier molecular flexibility index (Phi) is 5.80. The van der Waals surface area contributed by atoms with Crippen LogP contribution >= 0.6 is 0 Å². The third-order valence-corrected chi connectivity index (χ3v) is 5.43. The van der Waals surface area contributed by atoms with Crippen molar-refractivity contribution >= 4 is 23.2 Å². The predicted octanol–water partition coefficient (Wildman–Crippen LogP) is 1.27. The van der Waals surface area contributed by atoms with Crippen LogP contribution in [0.2, 0.25) is 0 Å². The van der Waals surface area contributed by atoms with Crippen molar-refractivity contribution in [3.63, 3.8) is 0 Å². The molecule has 2 amide bonds. The number of anilines is 2. The summed E-state index contributed by atoms with van der Waals surface area (Å²) in [6.07, 6.45) is 3.71. The average Bonchev–Trinajstić information content (AvgIpc) is 2.78. The molecule has 4 rings (SSSR count). The number of amides is 2. The Labute approximate surface area is 175 Å². The monoisotopic (exact) mass is 410 g/mol. The highest BCUT2D eigenvalue weighted by atomic mass is 16.5. The number of aromatic nitrogens is 2. The lowest BCUT2D eigenvalue weighted by atomic mass is 10.1. The van der Waals surface area contributed by atoms with Crippen molar-refractivity contribution in [3.05, 3.63) is 41.9 Å². The van der Waals surface area contributed by atoms with Gasteiger partial charge in [-0.25, -0.2) is 9.97 Å². The van der Waals surface area contributed by atoms with Gasteiger partial charge in [-0.1, -0.05) is 6.92 Å². The van der Waals surface area contributed by atoms with Gasteiger partial charge in [-0.05, 0) is 30.2 Å². The first kappa shape index (κ1) is 20.1. The van der Waals surface area contributed by atoms with Crippen molar-refractivity contribution in [1.82, 2.24) is 20.2 Å². The fourth-order valence-electron chi connectivity index (χ4n) is 3.69. The highest BCUT2D eigenvalue weighted by Gasteiger charge is 2.27. The van der Waals surface area contributed by atoms with Gasteiger partial charge in [-0.2, -0.15) is 0 Å². The van der Waals surface area contributed by atoms with E-state index >= 15 is 0 Å². The van der Waals surface area contributed by atoms with E-state index in [2.05, 4.69) is 30.4 Å². The lowest BCUT2D eigenvalue weighted by Crippen LogP contribution is -2.46.